The predicted octanol–water partition coefficient (Wildman–Crippen LogP) is 6.18. The summed E-state index contributed by atoms with van der Waals surface area (Å²) in [4.78, 5) is 12.0. The number of carbonyl (C=O) groups is 1. The van der Waals surface area contributed by atoms with Crippen molar-refractivity contribution in [1.29, 1.82) is 0 Å². The van der Waals surface area contributed by atoms with Crippen LogP contribution < -0.4 is 4.74 Å². The fourth-order valence-corrected chi connectivity index (χ4v) is 3.37. The van der Waals surface area contributed by atoms with Gasteiger partial charge < -0.3 is 19.6 Å². The van der Waals surface area contributed by atoms with Gasteiger partial charge in [-0.3, -0.25) is 4.79 Å². The minimum atomic E-state index is 0. The summed E-state index contributed by atoms with van der Waals surface area (Å²) >= 11 is 0. The van der Waals surface area contributed by atoms with Gasteiger partial charge in [0.2, 0.25) is 5.78 Å². The Morgan fingerprint density at radius 1 is 0.875 bits per heavy atom. The monoisotopic (exact) mass is 370 g/mol. The van der Waals surface area contributed by atoms with Crippen LogP contribution in [0.1, 0.15) is 68.1 Å². The van der Waals surface area contributed by atoms with E-state index in [1.807, 2.05) is 30.3 Å². The van der Waals surface area contributed by atoms with Crippen LogP contribution in [0, 0.1) is 20.8 Å². The zero-order valence-electron chi connectivity index (χ0n) is 15.0. The number of ketones is 1. The molecule has 1 aromatic rings. The van der Waals surface area contributed by atoms with Gasteiger partial charge in [0.25, 0.3) is 0 Å². The molecule has 3 aliphatic rings. The molecule has 1 heterocycles. The molecule has 2 aliphatic carbocycles. The van der Waals surface area contributed by atoms with Crippen molar-refractivity contribution in [2.75, 3.05) is 0 Å². The van der Waals surface area contributed by atoms with Gasteiger partial charge in [0, 0.05) is 0 Å². The predicted molar refractivity (Wildman–Crippen MR) is 97.4 cm³/mol. The van der Waals surface area contributed by atoms with Crippen molar-refractivity contribution in [1.82, 2.24) is 0 Å². The summed E-state index contributed by atoms with van der Waals surface area (Å²) in [6, 6.07) is 7.44. The Balaban J connectivity index is 0.000000578. The standard InChI is InChI=1S/C14H14O2.C5H10.2CH3.Fe/c15-14-11-7-3-4-8-12(11)16-13(14)9-10-5-1-2-6-10;1-2-4-5-3-1;;;/h3-4,7-10H,1-2,5-6H2;1-5H2;2*1H3;/q;;2*-1;+2/b13-9-;;;;. The first-order chi connectivity index (χ1) is 10.3. The van der Waals surface area contributed by atoms with Gasteiger partial charge in [-0.1, -0.05) is 57.1 Å². The van der Waals surface area contributed by atoms with Gasteiger partial charge in [0.05, 0.1) is 5.56 Å². The van der Waals surface area contributed by atoms with Crippen LogP contribution in [-0.4, -0.2) is 5.78 Å². The van der Waals surface area contributed by atoms with E-state index in [-0.39, 0.29) is 37.7 Å². The second-order valence-corrected chi connectivity index (χ2v) is 6.27. The maximum Gasteiger partial charge on any atom is 2.00 e. The number of fused-ring (bicyclic) bond motifs is 1. The molecule has 134 valence electrons. The largest absolute Gasteiger partial charge is 2.00 e. The van der Waals surface area contributed by atoms with Crippen molar-refractivity contribution in [2.24, 2.45) is 5.92 Å². The maximum absolute atomic E-state index is 12.0. The van der Waals surface area contributed by atoms with Crippen molar-refractivity contribution in [2.45, 2.75) is 57.8 Å². The Kier molecular flexibility index (Phi) is 11.0. The molecule has 2 saturated carbocycles. The van der Waals surface area contributed by atoms with Crippen molar-refractivity contribution in [3.05, 3.63) is 56.5 Å². The smallest absolute Gasteiger partial charge is 0.453 e. The zero-order valence-corrected chi connectivity index (χ0v) is 16.1. The normalized spacial score (nSPS) is 20.0. The van der Waals surface area contributed by atoms with Crippen LogP contribution in [0.3, 0.4) is 0 Å². The van der Waals surface area contributed by atoms with Crippen LogP contribution in [0.4, 0.5) is 0 Å². The third-order valence-corrected chi connectivity index (χ3v) is 4.61. The molecule has 1 aromatic carbocycles. The van der Waals surface area contributed by atoms with Gasteiger partial charge in [0.1, 0.15) is 5.75 Å². The molecule has 1 aliphatic heterocycles. The van der Waals surface area contributed by atoms with Crippen molar-refractivity contribution >= 4 is 5.78 Å². The Bertz CT molecular complexity index is 519. The number of para-hydroxylation sites is 1. The van der Waals surface area contributed by atoms with Gasteiger partial charge >= 0.3 is 17.1 Å². The number of ether oxygens (including phenoxy) is 1. The van der Waals surface area contributed by atoms with Crippen LogP contribution in [0.5, 0.6) is 5.75 Å². The van der Waals surface area contributed by atoms with E-state index in [9.17, 15) is 4.79 Å². The Morgan fingerprint density at radius 2 is 1.42 bits per heavy atom. The second kappa shape index (κ2) is 11.5. The molecule has 2 nitrogen and oxygen atoms in total. The van der Waals surface area contributed by atoms with E-state index in [0.717, 1.165) is 0 Å². The first kappa shape index (κ1) is 22.9. The number of rotatable bonds is 1. The fourth-order valence-electron chi connectivity index (χ4n) is 3.37. The molecule has 24 heavy (non-hydrogen) atoms. The Labute approximate surface area is 158 Å². The summed E-state index contributed by atoms with van der Waals surface area (Å²) in [5.41, 5.74) is 0.701. The molecule has 4 rings (SSSR count). The minimum absolute atomic E-state index is 0. The number of allylic oxidation sites excluding steroid dienone is 2. The van der Waals surface area contributed by atoms with Gasteiger partial charge in [-0.2, -0.15) is 0 Å². The van der Waals surface area contributed by atoms with E-state index in [0.29, 0.717) is 23.0 Å². The number of hydrogen-bond acceptors (Lipinski definition) is 2. The van der Waals surface area contributed by atoms with Crippen molar-refractivity contribution in [3.63, 3.8) is 0 Å². The minimum Gasteiger partial charge on any atom is -0.453 e. The van der Waals surface area contributed by atoms with E-state index in [1.54, 1.807) is 0 Å². The first-order valence-corrected chi connectivity index (χ1v) is 8.38. The number of carbonyl (C=O) groups excluding carboxylic acids is 1. The fraction of sp³-hybridized carbons (Fsp3) is 0.476. The Morgan fingerprint density at radius 3 is 1.96 bits per heavy atom. The zero-order chi connectivity index (χ0) is 14.5. The summed E-state index contributed by atoms with van der Waals surface area (Å²) in [5.74, 6) is 1.82. The number of Topliss-reactive ketones (excluding diaryl/α,β-unsaturated/α-hetero) is 1. The molecule has 0 saturated heterocycles. The molecular weight excluding hydrogens is 340 g/mol. The molecule has 3 heteroatoms. The van der Waals surface area contributed by atoms with Gasteiger partial charge in [-0.05, 0) is 37.0 Å². The third-order valence-electron chi connectivity index (χ3n) is 4.61. The summed E-state index contributed by atoms with van der Waals surface area (Å²) in [6.45, 7) is 0. The molecule has 0 radical (unpaired) electrons. The second-order valence-electron chi connectivity index (χ2n) is 6.27. The number of benzene rings is 1. The quantitative estimate of drug-likeness (QED) is 0.335. The topological polar surface area (TPSA) is 26.3 Å². The van der Waals surface area contributed by atoms with Gasteiger partial charge in [-0.15, -0.1) is 0 Å². The third kappa shape index (κ3) is 5.79. The summed E-state index contributed by atoms with van der Waals surface area (Å²) in [7, 11) is 0. The van der Waals surface area contributed by atoms with Crippen LogP contribution in [-0.2, 0) is 17.1 Å². The van der Waals surface area contributed by atoms with Crippen LogP contribution in [0.15, 0.2) is 36.1 Å². The molecule has 0 N–H and O–H groups in total. The number of hydrogen-bond donors (Lipinski definition) is 0. The molecule has 2 fully saturated rings. The molecule has 0 aromatic heterocycles. The van der Waals surface area contributed by atoms with Crippen LogP contribution >= 0.6 is 0 Å². The van der Waals surface area contributed by atoms with E-state index in [2.05, 4.69) is 0 Å². The summed E-state index contributed by atoms with van der Waals surface area (Å²) in [6.07, 6.45) is 14.5. The van der Waals surface area contributed by atoms with Crippen molar-refractivity contribution in [3.8, 4) is 5.75 Å². The van der Waals surface area contributed by atoms with Crippen molar-refractivity contribution < 1.29 is 26.6 Å². The van der Waals surface area contributed by atoms with Crippen LogP contribution in [0.25, 0.3) is 0 Å². The molecule has 0 unspecified atom stereocenters. The van der Waals surface area contributed by atoms with E-state index < -0.39 is 0 Å². The Hall–Kier alpha value is -1.05. The molecule has 0 bridgehead atoms. The summed E-state index contributed by atoms with van der Waals surface area (Å²) in [5, 5.41) is 0. The average molecular weight is 370 g/mol. The molecule has 0 spiro atoms. The summed E-state index contributed by atoms with van der Waals surface area (Å²) < 4.78 is 5.59. The van der Waals surface area contributed by atoms with E-state index in [1.165, 1.54) is 57.8 Å². The van der Waals surface area contributed by atoms with E-state index >= 15 is 0 Å². The van der Waals surface area contributed by atoms with Crippen LogP contribution in [0.2, 0.25) is 0 Å². The maximum atomic E-state index is 12.0. The first-order valence-electron chi connectivity index (χ1n) is 8.38. The molecule has 0 amide bonds. The molecular formula is C21H30FeO2. The SMILES string of the molecule is C1CCCC1.O=C1/C(=C/C2CCCC2)Oc2ccccc21.[CH3-].[CH3-].[Fe+2]. The van der Waals surface area contributed by atoms with Gasteiger partial charge in [0.15, 0.2) is 5.76 Å². The van der Waals surface area contributed by atoms with E-state index in [4.69, 9.17) is 4.74 Å². The van der Waals surface area contributed by atoms with Gasteiger partial charge in [-0.25, -0.2) is 0 Å². The average Bonchev–Trinajstić information content (AvgIpc) is 3.25. The molecule has 0 atom stereocenters.